The van der Waals surface area contributed by atoms with Gasteiger partial charge in [-0.3, -0.25) is 14.7 Å². The summed E-state index contributed by atoms with van der Waals surface area (Å²) in [5, 5.41) is 4.50. The van der Waals surface area contributed by atoms with Crippen LogP contribution in [0.5, 0.6) is 0 Å². The van der Waals surface area contributed by atoms with E-state index in [1.807, 2.05) is 29.6 Å². The smallest absolute Gasteiger partial charge is 0.256 e. The first-order chi connectivity index (χ1) is 20.5. The predicted molar refractivity (Wildman–Crippen MR) is 168 cm³/mol. The SMILES string of the molecule is CCCCC1=NC2(CCCC2)C(=O)N1Cc1ccc(-c2ccccc2SNc2noc(C)c2Cl)c(Cn2ccnc2)c1. The highest BCUT2D eigenvalue weighted by molar-refractivity contribution is 8.00. The van der Waals surface area contributed by atoms with E-state index in [4.69, 9.17) is 21.1 Å². The molecule has 1 spiro atoms. The molecule has 1 amide bonds. The van der Waals surface area contributed by atoms with Crippen molar-refractivity contribution in [1.29, 1.82) is 0 Å². The maximum atomic E-state index is 13.8. The lowest BCUT2D eigenvalue weighted by atomic mass is 9.96. The molecule has 2 aromatic heterocycles. The Morgan fingerprint density at radius 1 is 1.12 bits per heavy atom. The molecule has 3 heterocycles. The Balaban J connectivity index is 1.32. The van der Waals surface area contributed by atoms with Crippen LogP contribution < -0.4 is 4.72 Å². The van der Waals surface area contributed by atoms with Crippen molar-refractivity contribution in [2.75, 3.05) is 4.72 Å². The zero-order chi connectivity index (χ0) is 29.1. The zero-order valence-electron chi connectivity index (χ0n) is 24.0. The van der Waals surface area contributed by atoms with Crippen LogP contribution in [-0.2, 0) is 17.9 Å². The number of hydrogen-bond acceptors (Lipinski definition) is 7. The lowest BCUT2D eigenvalue weighted by molar-refractivity contribution is -0.131. The Kier molecular flexibility index (Phi) is 8.40. The molecule has 10 heteroatoms. The van der Waals surface area contributed by atoms with E-state index in [0.29, 0.717) is 29.7 Å². The highest BCUT2D eigenvalue weighted by atomic mass is 35.5. The average Bonchev–Trinajstić information content (AvgIpc) is 3.80. The Morgan fingerprint density at radius 2 is 1.95 bits per heavy atom. The van der Waals surface area contributed by atoms with E-state index >= 15 is 0 Å². The van der Waals surface area contributed by atoms with Gasteiger partial charge in [0, 0.05) is 30.3 Å². The number of aryl methyl sites for hydroxylation is 1. The number of unbranched alkanes of at least 4 members (excludes halogenated alkanes) is 1. The number of amides is 1. The van der Waals surface area contributed by atoms with Crippen LogP contribution in [0.3, 0.4) is 0 Å². The normalized spacial score (nSPS) is 16.0. The molecule has 1 aliphatic carbocycles. The largest absolute Gasteiger partial charge is 0.358 e. The molecule has 1 fully saturated rings. The molecule has 6 rings (SSSR count). The number of carbonyl (C=O) groups excluding carboxylic acids is 1. The minimum Gasteiger partial charge on any atom is -0.358 e. The molecule has 1 aliphatic heterocycles. The summed E-state index contributed by atoms with van der Waals surface area (Å²) in [6.07, 6.45) is 12.4. The fourth-order valence-electron chi connectivity index (χ4n) is 5.90. The summed E-state index contributed by atoms with van der Waals surface area (Å²) in [5.74, 6) is 2.21. The summed E-state index contributed by atoms with van der Waals surface area (Å²) in [6, 6.07) is 14.8. The number of carbonyl (C=O) groups is 1. The lowest BCUT2D eigenvalue weighted by Gasteiger charge is -2.23. The summed E-state index contributed by atoms with van der Waals surface area (Å²) >= 11 is 7.78. The van der Waals surface area contributed by atoms with Crippen LogP contribution in [0.25, 0.3) is 11.1 Å². The maximum Gasteiger partial charge on any atom is 0.256 e. The number of aliphatic imine (C=N–C) groups is 1. The van der Waals surface area contributed by atoms with Crippen molar-refractivity contribution >= 4 is 41.1 Å². The van der Waals surface area contributed by atoms with Gasteiger partial charge in [-0.2, -0.15) is 0 Å². The monoisotopic (exact) mass is 602 g/mol. The number of benzene rings is 2. The van der Waals surface area contributed by atoms with E-state index in [0.717, 1.165) is 77.9 Å². The van der Waals surface area contributed by atoms with E-state index in [-0.39, 0.29) is 5.91 Å². The van der Waals surface area contributed by atoms with Gasteiger partial charge in [0.05, 0.1) is 12.9 Å². The summed E-state index contributed by atoms with van der Waals surface area (Å²) in [6.45, 7) is 5.15. The summed E-state index contributed by atoms with van der Waals surface area (Å²) < 4.78 is 10.5. The van der Waals surface area contributed by atoms with Gasteiger partial charge in [-0.15, -0.1) is 0 Å². The molecule has 2 aromatic carbocycles. The lowest BCUT2D eigenvalue weighted by Crippen LogP contribution is -2.40. The van der Waals surface area contributed by atoms with Gasteiger partial charge in [0.2, 0.25) is 0 Å². The second-order valence-electron chi connectivity index (χ2n) is 11.1. The summed E-state index contributed by atoms with van der Waals surface area (Å²) in [4.78, 5) is 26.1. The van der Waals surface area contributed by atoms with Gasteiger partial charge in [0.1, 0.15) is 16.4 Å². The topological polar surface area (TPSA) is 88.5 Å². The van der Waals surface area contributed by atoms with Crippen molar-refractivity contribution in [3.05, 3.63) is 83.1 Å². The van der Waals surface area contributed by atoms with Crippen molar-refractivity contribution in [1.82, 2.24) is 19.6 Å². The maximum absolute atomic E-state index is 13.8. The third-order valence-electron chi connectivity index (χ3n) is 8.13. The number of hydrogen-bond donors (Lipinski definition) is 1. The molecule has 1 saturated carbocycles. The predicted octanol–water partition coefficient (Wildman–Crippen LogP) is 7.91. The van der Waals surface area contributed by atoms with Gasteiger partial charge in [0.15, 0.2) is 11.6 Å². The number of amidine groups is 1. The second kappa shape index (κ2) is 12.4. The van der Waals surface area contributed by atoms with Gasteiger partial charge in [-0.05, 0) is 66.5 Å². The zero-order valence-corrected chi connectivity index (χ0v) is 25.5. The number of anilines is 1. The standard InChI is InChI=1S/C32H35ClN6O2S/c1-3-4-11-28-35-32(14-7-8-15-32)31(40)39(28)19-23-12-13-25(24(18-23)20-38-17-16-34-21-38)26-9-5-6-10-27(26)42-37-30-29(33)22(2)41-36-30/h5-6,9-10,12-13,16-18,21H,3-4,7-8,11,14-15,19-20H2,1-2H3,(H,36,37). The van der Waals surface area contributed by atoms with Crippen LogP contribution in [0.2, 0.25) is 5.02 Å². The van der Waals surface area contributed by atoms with Crippen LogP contribution >= 0.6 is 23.5 Å². The molecule has 0 unspecified atom stereocenters. The number of aromatic nitrogens is 3. The number of rotatable bonds is 11. The quantitative estimate of drug-likeness (QED) is 0.175. The number of halogens is 1. The van der Waals surface area contributed by atoms with Crippen LogP contribution in [0, 0.1) is 6.92 Å². The van der Waals surface area contributed by atoms with E-state index in [1.165, 1.54) is 11.9 Å². The van der Waals surface area contributed by atoms with Crippen molar-refractivity contribution in [2.24, 2.45) is 4.99 Å². The minimum absolute atomic E-state index is 0.181. The molecule has 0 saturated heterocycles. The van der Waals surface area contributed by atoms with Gasteiger partial charge in [-0.25, -0.2) is 4.98 Å². The first-order valence-electron chi connectivity index (χ1n) is 14.6. The van der Waals surface area contributed by atoms with Crippen LogP contribution in [0.15, 0.2) is 75.6 Å². The molecule has 218 valence electrons. The van der Waals surface area contributed by atoms with Crippen LogP contribution in [0.4, 0.5) is 5.82 Å². The highest BCUT2D eigenvalue weighted by Gasteiger charge is 2.49. The van der Waals surface area contributed by atoms with Crippen LogP contribution in [0.1, 0.15) is 68.8 Å². The highest BCUT2D eigenvalue weighted by Crippen LogP contribution is 2.41. The number of imidazole rings is 1. The fourth-order valence-corrected chi connectivity index (χ4v) is 6.86. The van der Waals surface area contributed by atoms with Crippen molar-refractivity contribution in [3.8, 4) is 11.1 Å². The Morgan fingerprint density at radius 3 is 2.69 bits per heavy atom. The molecule has 0 atom stereocenters. The van der Waals surface area contributed by atoms with Gasteiger partial charge >= 0.3 is 0 Å². The van der Waals surface area contributed by atoms with Crippen molar-refractivity contribution < 1.29 is 9.32 Å². The van der Waals surface area contributed by atoms with Gasteiger partial charge < -0.3 is 13.8 Å². The fraction of sp³-hybridized carbons (Fsp3) is 0.375. The second-order valence-corrected chi connectivity index (χ2v) is 12.3. The third-order valence-corrected chi connectivity index (χ3v) is 9.45. The van der Waals surface area contributed by atoms with E-state index < -0.39 is 5.54 Å². The molecule has 2 aliphatic rings. The Labute approximate surface area is 255 Å². The van der Waals surface area contributed by atoms with Crippen molar-refractivity contribution in [2.45, 2.75) is 82.3 Å². The molecule has 0 bridgehead atoms. The molecule has 42 heavy (non-hydrogen) atoms. The minimum atomic E-state index is -0.531. The molecule has 8 nitrogen and oxygen atoms in total. The molecule has 1 N–H and O–H groups in total. The summed E-state index contributed by atoms with van der Waals surface area (Å²) in [5.41, 5.74) is 3.90. The van der Waals surface area contributed by atoms with E-state index in [9.17, 15) is 4.79 Å². The first kappa shape index (κ1) is 28.6. The number of nitrogens with one attached hydrogen (secondary N) is 1. The summed E-state index contributed by atoms with van der Waals surface area (Å²) in [7, 11) is 0. The molecular weight excluding hydrogens is 568 g/mol. The van der Waals surface area contributed by atoms with Gasteiger partial charge in [0.25, 0.3) is 5.91 Å². The molecule has 4 aromatic rings. The third kappa shape index (κ3) is 5.72. The Bertz CT molecular complexity index is 1590. The molecular formula is C32H35ClN6O2S. The van der Waals surface area contributed by atoms with Gasteiger partial charge in [-0.1, -0.05) is 79.3 Å². The molecule has 0 radical (unpaired) electrons. The van der Waals surface area contributed by atoms with Crippen molar-refractivity contribution in [3.63, 3.8) is 0 Å². The van der Waals surface area contributed by atoms with E-state index in [2.05, 4.69) is 56.7 Å². The van der Waals surface area contributed by atoms with Crippen LogP contribution in [-0.4, -0.2) is 36.9 Å². The van der Waals surface area contributed by atoms with E-state index in [1.54, 1.807) is 13.1 Å². The number of nitrogens with zero attached hydrogens (tertiary/aromatic N) is 5. The first-order valence-corrected chi connectivity index (χ1v) is 15.8. The Hall–Kier alpha value is -3.56. The average molecular weight is 603 g/mol.